The van der Waals surface area contributed by atoms with Gasteiger partial charge in [-0.2, -0.15) is 0 Å². The van der Waals surface area contributed by atoms with Crippen LogP contribution in [-0.2, 0) is 6.61 Å². The molecule has 0 saturated heterocycles. The fraction of sp³-hybridized carbons (Fsp3) is 0.333. The minimum absolute atomic E-state index is 0.0648. The molecule has 0 aromatic heterocycles. The smallest absolute Gasteiger partial charge is 0.143 e. The van der Waals surface area contributed by atoms with Gasteiger partial charge in [-0.05, 0) is 26.0 Å². The first-order valence-electron chi connectivity index (χ1n) is 4.79. The molecule has 0 radical (unpaired) electrons. The van der Waals surface area contributed by atoms with E-state index >= 15 is 0 Å². The number of ether oxygens (including phenoxy) is 1. The normalized spacial score (nSPS) is 9.87. The largest absolute Gasteiger partial charge is 0.488 e. The van der Waals surface area contributed by atoms with Crippen molar-refractivity contribution in [1.29, 1.82) is 0 Å². The highest BCUT2D eigenvalue weighted by molar-refractivity contribution is 6.32. The Morgan fingerprint density at radius 3 is 2.80 bits per heavy atom. The van der Waals surface area contributed by atoms with E-state index in [1.165, 1.54) is 5.57 Å². The Balaban J connectivity index is 2.79. The van der Waals surface area contributed by atoms with E-state index in [1.807, 2.05) is 19.9 Å². The first-order chi connectivity index (χ1) is 7.15. The lowest BCUT2D eigenvalue weighted by Gasteiger charge is -2.10. The Labute approximate surface area is 95.1 Å². The molecule has 1 aromatic rings. The van der Waals surface area contributed by atoms with Crippen LogP contribution in [0.1, 0.15) is 19.4 Å². The maximum atomic E-state index is 9.10. The van der Waals surface area contributed by atoms with Crippen molar-refractivity contribution in [3.05, 3.63) is 40.4 Å². The predicted molar refractivity (Wildman–Crippen MR) is 62.3 cm³/mol. The van der Waals surface area contributed by atoms with Crippen LogP contribution in [0.5, 0.6) is 5.75 Å². The predicted octanol–water partition coefficient (Wildman–Crippen LogP) is 3.18. The van der Waals surface area contributed by atoms with Gasteiger partial charge in [0.15, 0.2) is 0 Å². The van der Waals surface area contributed by atoms with E-state index < -0.39 is 0 Å². The molecule has 0 saturated carbocycles. The Morgan fingerprint density at radius 1 is 1.47 bits per heavy atom. The molecule has 0 fully saturated rings. The van der Waals surface area contributed by atoms with Gasteiger partial charge in [0.05, 0.1) is 11.6 Å². The average molecular weight is 227 g/mol. The van der Waals surface area contributed by atoms with E-state index in [-0.39, 0.29) is 6.61 Å². The molecule has 0 aliphatic rings. The van der Waals surface area contributed by atoms with Gasteiger partial charge >= 0.3 is 0 Å². The quantitative estimate of drug-likeness (QED) is 0.800. The Bertz CT molecular complexity index is 355. The summed E-state index contributed by atoms with van der Waals surface area (Å²) in [5.41, 5.74) is 1.90. The van der Waals surface area contributed by atoms with Crippen molar-refractivity contribution in [3.8, 4) is 5.75 Å². The number of hydrogen-bond acceptors (Lipinski definition) is 2. The first-order valence-corrected chi connectivity index (χ1v) is 5.17. The fourth-order valence-corrected chi connectivity index (χ4v) is 1.38. The Kier molecular flexibility index (Phi) is 4.66. The number of rotatable bonds is 4. The molecule has 82 valence electrons. The van der Waals surface area contributed by atoms with Crippen molar-refractivity contribution < 1.29 is 9.84 Å². The molecule has 0 bridgehead atoms. The van der Waals surface area contributed by atoms with Crippen molar-refractivity contribution in [1.82, 2.24) is 0 Å². The third kappa shape index (κ3) is 3.57. The number of aliphatic hydroxyl groups is 1. The van der Waals surface area contributed by atoms with Crippen LogP contribution in [-0.4, -0.2) is 11.7 Å². The molecule has 0 aliphatic carbocycles. The first kappa shape index (κ1) is 12.1. The lowest BCUT2D eigenvalue weighted by molar-refractivity contribution is 0.270. The van der Waals surface area contributed by atoms with Crippen LogP contribution in [0.15, 0.2) is 29.8 Å². The SMILES string of the molecule is CC(C)=CCOc1c(Cl)cccc1CO. The number of halogens is 1. The summed E-state index contributed by atoms with van der Waals surface area (Å²) in [6.45, 7) is 4.41. The van der Waals surface area contributed by atoms with Crippen LogP contribution in [0.3, 0.4) is 0 Å². The second-order valence-electron chi connectivity index (χ2n) is 3.48. The van der Waals surface area contributed by atoms with Crippen LogP contribution in [0.2, 0.25) is 5.02 Å². The molecule has 2 nitrogen and oxygen atoms in total. The van der Waals surface area contributed by atoms with Crippen molar-refractivity contribution >= 4 is 11.6 Å². The number of allylic oxidation sites excluding steroid dienone is 1. The molecule has 0 heterocycles. The molecular weight excluding hydrogens is 212 g/mol. The van der Waals surface area contributed by atoms with Crippen molar-refractivity contribution in [2.45, 2.75) is 20.5 Å². The number of benzene rings is 1. The van der Waals surface area contributed by atoms with Gasteiger partial charge in [-0.3, -0.25) is 0 Å². The van der Waals surface area contributed by atoms with Gasteiger partial charge in [-0.15, -0.1) is 0 Å². The third-order valence-electron chi connectivity index (χ3n) is 1.94. The van der Waals surface area contributed by atoms with Crippen molar-refractivity contribution in [3.63, 3.8) is 0 Å². The maximum absolute atomic E-state index is 9.10. The minimum atomic E-state index is -0.0648. The van der Waals surface area contributed by atoms with Crippen LogP contribution in [0, 0.1) is 0 Å². The molecule has 3 heteroatoms. The van der Waals surface area contributed by atoms with E-state index in [0.717, 1.165) is 0 Å². The van der Waals surface area contributed by atoms with E-state index in [1.54, 1.807) is 18.2 Å². The van der Waals surface area contributed by atoms with E-state index in [4.69, 9.17) is 21.4 Å². The van der Waals surface area contributed by atoms with Gasteiger partial charge in [0.2, 0.25) is 0 Å². The summed E-state index contributed by atoms with van der Waals surface area (Å²) in [5, 5.41) is 9.63. The summed E-state index contributed by atoms with van der Waals surface area (Å²) in [7, 11) is 0. The molecule has 0 atom stereocenters. The number of hydrogen-bond donors (Lipinski definition) is 1. The zero-order chi connectivity index (χ0) is 11.3. The van der Waals surface area contributed by atoms with E-state index in [9.17, 15) is 0 Å². The zero-order valence-corrected chi connectivity index (χ0v) is 9.71. The van der Waals surface area contributed by atoms with E-state index in [0.29, 0.717) is 22.9 Å². The molecule has 0 unspecified atom stereocenters. The van der Waals surface area contributed by atoms with Gasteiger partial charge < -0.3 is 9.84 Å². The van der Waals surface area contributed by atoms with Crippen molar-refractivity contribution in [2.24, 2.45) is 0 Å². The maximum Gasteiger partial charge on any atom is 0.143 e. The molecule has 0 amide bonds. The van der Waals surface area contributed by atoms with Crippen LogP contribution in [0.4, 0.5) is 0 Å². The van der Waals surface area contributed by atoms with Gasteiger partial charge in [0, 0.05) is 5.56 Å². The second-order valence-corrected chi connectivity index (χ2v) is 3.89. The van der Waals surface area contributed by atoms with Gasteiger partial charge in [0.25, 0.3) is 0 Å². The summed E-state index contributed by atoms with van der Waals surface area (Å²) >= 11 is 5.97. The molecule has 1 rings (SSSR count). The molecule has 0 aliphatic heterocycles. The summed E-state index contributed by atoms with van der Waals surface area (Å²) in [5.74, 6) is 0.569. The number of para-hydroxylation sites is 1. The molecule has 1 aromatic carbocycles. The third-order valence-corrected chi connectivity index (χ3v) is 2.24. The van der Waals surface area contributed by atoms with Gasteiger partial charge in [0.1, 0.15) is 12.4 Å². The Morgan fingerprint density at radius 2 is 2.20 bits per heavy atom. The van der Waals surface area contributed by atoms with Gasteiger partial charge in [-0.1, -0.05) is 29.3 Å². The second kappa shape index (κ2) is 5.79. The standard InChI is InChI=1S/C12H15ClO2/c1-9(2)6-7-15-12-10(8-14)4-3-5-11(12)13/h3-6,14H,7-8H2,1-2H3. The summed E-state index contributed by atoms with van der Waals surface area (Å²) in [6.07, 6.45) is 1.96. The molecular formula is C12H15ClO2. The minimum Gasteiger partial charge on any atom is -0.488 e. The van der Waals surface area contributed by atoms with Crippen molar-refractivity contribution in [2.75, 3.05) is 6.61 Å². The van der Waals surface area contributed by atoms with E-state index in [2.05, 4.69) is 0 Å². The molecule has 1 N–H and O–H groups in total. The lowest BCUT2D eigenvalue weighted by atomic mass is 10.2. The summed E-state index contributed by atoms with van der Waals surface area (Å²) in [4.78, 5) is 0. The zero-order valence-electron chi connectivity index (χ0n) is 8.96. The highest BCUT2D eigenvalue weighted by Crippen LogP contribution is 2.28. The number of aliphatic hydroxyl groups excluding tert-OH is 1. The Hall–Kier alpha value is -0.990. The van der Waals surface area contributed by atoms with Crippen LogP contribution >= 0.6 is 11.6 Å². The average Bonchev–Trinajstić information content (AvgIpc) is 2.20. The highest BCUT2D eigenvalue weighted by atomic mass is 35.5. The summed E-state index contributed by atoms with van der Waals surface area (Å²) in [6, 6.07) is 5.34. The highest BCUT2D eigenvalue weighted by Gasteiger charge is 2.06. The lowest BCUT2D eigenvalue weighted by Crippen LogP contribution is -1.99. The van der Waals surface area contributed by atoms with Crippen LogP contribution < -0.4 is 4.74 Å². The summed E-state index contributed by atoms with van der Waals surface area (Å²) < 4.78 is 5.50. The topological polar surface area (TPSA) is 29.5 Å². The fourth-order valence-electron chi connectivity index (χ4n) is 1.13. The molecule has 0 spiro atoms. The van der Waals surface area contributed by atoms with Gasteiger partial charge in [-0.25, -0.2) is 0 Å². The monoisotopic (exact) mass is 226 g/mol. The van der Waals surface area contributed by atoms with Crippen LogP contribution in [0.25, 0.3) is 0 Å². The molecule has 15 heavy (non-hydrogen) atoms.